The van der Waals surface area contributed by atoms with E-state index < -0.39 is 10.8 Å². The van der Waals surface area contributed by atoms with Gasteiger partial charge in [0.15, 0.2) is 4.80 Å². The van der Waals surface area contributed by atoms with Crippen molar-refractivity contribution in [2.45, 2.75) is 0 Å². The molecule has 0 aliphatic carbocycles. The molecule has 7 heteroatoms. The molecule has 2 aromatic rings. The number of amides is 1. The maximum atomic E-state index is 11.9. The number of para-hydroxylation sites is 1. The van der Waals surface area contributed by atoms with Gasteiger partial charge in [0.2, 0.25) is 0 Å². The van der Waals surface area contributed by atoms with Crippen LogP contribution in [0.3, 0.4) is 0 Å². The Morgan fingerprint density at radius 2 is 2.17 bits per heavy atom. The van der Waals surface area contributed by atoms with Crippen molar-refractivity contribution in [3.63, 3.8) is 0 Å². The Morgan fingerprint density at radius 1 is 1.44 bits per heavy atom. The molecule has 0 radical (unpaired) electrons. The van der Waals surface area contributed by atoms with E-state index in [9.17, 15) is 14.9 Å². The first kappa shape index (κ1) is 12.2. The highest BCUT2D eigenvalue weighted by Crippen LogP contribution is 2.18. The zero-order chi connectivity index (χ0) is 13.1. The summed E-state index contributed by atoms with van der Waals surface area (Å²) in [4.78, 5) is 26.5. The van der Waals surface area contributed by atoms with Crippen LogP contribution >= 0.6 is 11.3 Å². The molecule has 6 nitrogen and oxygen atoms in total. The van der Waals surface area contributed by atoms with Crippen molar-refractivity contribution < 1.29 is 9.72 Å². The molecule has 2 rings (SSSR count). The predicted molar refractivity (Wildman–Crippen MR) is 66.3 cm³/mol. The minimum absolute atomic E-state index is 0.00380. The summed E-state index contributed by atoms with van der Waals surface area (Å²) in [5, 5.41) is 12.6. The highest BCUT2D eigenvalue weighted by molar-refractivity contribution is 7.07. The average Bonchev–Trinajstić information content (AvgIpc) is 2.75. The van der Waals surface area contributed by atoms with E-state index in [1.807, 2.05) is 0 Å². The van der Waals surface area contributed by atoms with E-state index in [1.54, 1.807) is 29.3 Å². The van der Waals surface area contributed by atoms with Gasteiger partial charge in [-0.25, -0.2) is 0 Å². The zero-order valence-electron chi connectivity index (χ0n) is 9.44. The van der Waals surface area contributed by atoms with Gasteiger partial charge in [0.1, 0.15) is 5.56 Å². The molecule has 0 fully saturated rings. The van der Waals surface area contributed by atoms with Gasteiger partial charge in [-0.1, -0.05) is 12.1 Å². The molecule has 1 heterocycles. The Hall–Kier alpha value is -2.28. The number of carbonyl (C=O) groups is 1. The van der Waals surface area contributed by atoms with Crippen LogP contribution in [0.25, 0.3) is 0 Å². The van der Waals surface area contributed by atoms with Gasteiger partial charge in [0.25, 0.3) is 11.6 Å². The SMILES string of the molecule is Cn1ccsc1=NC(=O)c1ccccc1[N+](=O)[O-]. The predicted octanol–water partition coefficient (Wildman–Crippen LogP) is 1.74. The standard InChI is InChI=1S/C11H9N3O3S/c1-13-6-7-18-11(13)12-10(15)8-4-2-3-5-9(8)14(16)17/h2-7H,1H3. The molecule has 18 heavy (non-hydrogen) atoms. The molecule has 0 unspecified atom stereocenters. The van der Waals surface area contributed by atoms with E-state index in [0.29, 0.717) is 4.80 Å². The Morgan fingerprint density at radius 3 is 2.78 bits per heavy atom. The number of nitro benzene ring substituents is 1. The number of aryl methyl sites for hydroxylation is 1. The average molecular weight is 263 g/mol. The van der Waals surface area contributed by atoms with Crippen LogP contribution in [0.1, 0.15) is 10.4 Å². The number of thiazole rings is 1. The van der Waals surface area contributed by atoms with Crippen LogP contribution in [-0.4, -0.2) is 15.4 Å². The largest absolute Gasteiger partial charge is 0.327 e. The van der Waals surface area contributed by atoms with Crippen LogP contribution in [0.2, 0.25) is 0 Å². The third-order valence-corrected chi connectivity index (χ3v) is 3.14. The molecule has 0 aliphatic rings. The quantitative estimate of drug-likeness (QED) is 0.611. The van der Waals surface area contributed by atoms with Crippen molar-refractivity contribution in [1.29, 1.82) is 0 Å². The summed E-state index contributed by atoms with van der Waals surface area (Å²) in [5.41, 5.74) is -0.235. The lowest BCUT2D eigenvalue weighted by Gasteiger charge is -1.97. The van der Waals surface area contributed by atoms with Crippen LogP contribution in [0.15, 0.2) is 40.8 Å². The fraction of sp³-hybridized carbons (Fsp3) is 0.0909. The molecule has 1 aromatic carbocycles. The molecule has 0 atom stereocenters. The second kappa shape index (κ2) is 4.92. The number of nitrogens with zero attached hydrogens (tertiary/aromatic N) is 3. The summed E-state index contributed by atoms with van der Waals surface area (Å²) in [7, 11) is 1.75. The number of rotatable bonds is 2. The number of hydrogen-bond acceptors (Lipinski definition) is 4. The number of hydrogen-bond donors (Lipinski definition) is 0. The first-order valence-electron chi connectivity index (χ1n) is 5.02. The second-order valence-electron chi connectivity index (χ2n) is 3.49. The molecule has 1 aromatic heterocycles. The van der Waals surface area contributed by atoms with Crippen LogP contribution in [0, 0.1) is 10.1 Å². The summed E-state index contributed by atoms with van der Waals surface area (Å²) < 4.78 is 1.68. The van der Waals surface area contributed by atoms with Gasteiger partial charge in [0.05, 0.1) is 4.92 Å². The fourth-order valence-electron chi connectivity index (χ4n) is 1.40. The summed E-state index contributed by atoms with van der Waals surface area (Å²) in [6.45, 7) is 0. The third kappa shape index (κ3) is 2.35. The molecule has 0 saturated heterocycles. The summed E-state index contributed by atoms with van der Waals surface area (Å²) in [6, 6.07) is 5.78. The van der Waals surface area contributed by atoms with E-state index in [0.717, 1.165) is 0 Å². The van der Waals surface area contributed by atoms with Crippen LogP contribution in [-0.2, 0) is 7.05 Å². The summed E-state index contributed by atoms with van der Waals surface area (Å²) in [6.07, 6.45) is 1.76. The monoisotopic (exact) mass is 263 g/mol. The van der Waals surface area contributed by atoms with Gasteiger partial charge in [-0.05, 0) is 6.07 Å². The fourth-order valence-corrected chi connectivity index (χ4v) is 2.12. The van der Waals surface area contributed by atoms with Gasteiger partial charge in [-0.3, -0.25) is 14.9 Å². The smallest absolute Gasteiger partial charge is 0.286 e. The zero-order valence-corrected chi connectivity index (χ0v) is 10.3. The van der Waals surface area contributed by atoms with Gasteiger partial charge in [-0.15, -0.1) is 11.3 Å². The first-order chi connectivity index (χ1) is 8.59. The van der Waals surface area contributed by atoms with Gasteiger partial charge >= 0.3 is 0 Å². The van der Waals surface area contributed by atoms with E-state index >= 15 is 0 Å². The molecule has 0 N–H and O–H groups in total. The molecular weight excluding hydrogens is 254 g/mol. The van der Waals surface area contributed by atoms with Crippen LogP contribution in [0.5, 0.6) is 0 Å². The minimum Gasteiger partial charge on any atom is -0.327 e. The first-order valence-corrected chi connectivity index (χ1v) is 5.90. The van der Waals surface area contributed by atoms with Gasteiger partial charge in [-0.2, -0.15) is 4.99 Å². The Labute approximate surface area is 106 Å². The maximum absolute atomic E-state index is 11.9. The maximum Gasteiger partial charge on any atom is 0.286 e. The van der Waals surface area contributed by atoms with Crippen molar-refractivity contribution in [2.24, 2.45) is 12.0 Å². The van der Waals surface area contributed by atoms with Crippen molar-refractivity contribution in [3.8, 4) is 0 Å². The number of aromatic nitrogens is 1. The molecule has 0 aliphatic heterocycles. The van der Waals surface area contributed by atoms with E-state index in [2.05, 4.69) is 4.99 Å². The van der Waals surface area contributed by atoms with Crippen molar-refractivity contribution >= 4 is 22.9 Å². The third-order valence-electron chi connectivity index (χ3n) is 2.29. The van der Waals surface area contributed by atoms with E-state index in [1.165, 1.54) is 29.5 Å². The van der Waals surface area contributed by atoms with Gasteiger partial charge < -0.3 is 4.57 Å². The summed E-state index contributed by atoms with van der Waals surface area (Å²) >= 11 is 1.29. The number of benzene rings is 1. The lowest BCUT2D eigenvalue weighted by Crippen LogP contribution is -2.13. The van der Waals surface area contributed by atoms with Crippen LogP contribution < -0.4 is 4.80 Å². The Balaban J connectivity index is 2.48. The number of nitro groups is 1. The molecule has 0 bridgehead atoms. The van der Waals surface area contributed by atoms with Crippen molar-refractivity contribution in [3.05, 3.63) is 56.3 Å². The second-order valence-corrected chi connectivity index (χ2v) is 4.36. The molecule has 0 saturated carbocycles. The Kier molecular flexibility index (Phi) is 3.33. The van der Waals surface area contributed by atoms with Crippen molar-refractivity contribution in [2.75, 3.05) is 0 Å². The molecule has 0 spiro atoms. The van der Waals surface area contributed by atoms with Crippen molar-refractivity contribution in [1.82, 2.24) is 4.57 Å². The summed E-state index contributed by atoms with van der Waals surface area (Å²) in [5.74, 6) is -0.611. The van der Waals surface area contributed by atoms with E-state index in [-0.39, 0.29) is 11.3 Å². The lowest BCUT2D eigenvalue weighted by molar-refractivity contribution is -0.385. The number of carbonyl (C=O) groups excluding carboxylic acids is 1. The lowest BCUT2D eigenvalue weighted by atomic mass is 10.2. The van der Waals surface area contributed by atoms with Gasteiger partial charge in [0, 0.05) is 24.7 Å². The molecular formula is C11H9N3O3S. The molecule has 92 valence electrons. The minimum atomic E-state index is -0.611. The van der Waals surface area contributed by atoms with Crippen LogP contribution in [0.4, 0.5) is 5.69 Å². The Bertz CT molecular complexity index is 672. The molecule has 1 amide bonds. The highest BCUT2D eigenvalue weighted by atomic mass is 32.1. The topological polar surface area (TPSA) is 77.5 Å². The van der Waals surface area contributed by atoms with E-state index in [4.69, 9.17) is 0 Å². The normalized spacial score (nSPS) is 11.5. The highest BCUT2D eigenvalue weighted by Gasteiger charge is 2.18.